The van der Waals surface area contributed by atoms with Crippen LogP contribution >= 0.6 is 0 Å². The molecule has 4 aromatic carbocycles. The third-order valence-electron chi connectivity index (χ3n) is 5.40. The molecule has 0 heterocycles. The van der Waals surface area contributed by atoms with Gasteiger partial charge in [-0.15, -0.1) is 0 Å². The van der Waals surface area contributed by atoms with Gasteiger partial charge < -0.3 is 4.90 Å². The second-order valence-electron chi connectivity index (χ2n) is 7.56. The second kappa shape index (κ2) is 7.95. The van der Waals surface area contributed by atoms with E-state index in [0.717, 1.165) is 27.1 Å². The molecule has 29 heavy (non-hydrogen) atoms. The van der Waals surface area contributed by atoms with Crippen molar-refractivity contribution in [3.05, 3.63) is 90.5 Å². The fourth-order valence-electron chi connectivity index (χ4n) is 3.79. The molecule has 4 aromatic rings. The number of fused-ring (bicyclic) bond motifs is 2. The highest BCUT2D eigenvalue weighted by molar-refractivity contribution is 7.89. The Bertz CT molecular complexity index is 1260. The van der Waals surface area contributed by atoms with Gasteiger partial charge in [0.15, 0.2) is 0 Å². The molecule has 0 aliphatic heterocycles. The first-order valence-corrected chi connectivity index (χ1v) is 11.2. The lowest BCUT2D eigenvalue weighted by molar-refractivity contribution is -0.890. The molecule has 0 radical (unpaired) electrons. The first kappa shape index (κ1) is 19.6. The molecule has 0 amide bonds. The van der Waals surface area contributed by atoms with Crippen LogP contribution in [0, 0.1) is 0 Å². The maximum Gasteiger partial charge on any atom is 0.240 e. The predicted octanol–water partition coefficient (Wildman–Crippen LogP) is 3.16. The quantitative estimate of drug-likeness (QED) is 0.518. The molecule has 4 nitrogen and oxygen atoms in total. The van der Waals surface area contributed by atoms with Crippen LogP contribution in [0.1, 0.15) is 11.6 Å². The van der Waals surface area contributed by atoms with Crippen molar-refractivity contribution in [2.45, 2.75) is 10.9 Å². The second-order valence-corrected chi connectivity index (χ2v) is 9.33. The summed E-state index contributed by atoms with van der Waals surface area (Å²) in [4.78, 5) is 1.46. The summed E-state index contributed by atoms with van der Waals surface area (Å²) in [6.45, 7) is 0.325. The third-order valence-corrected chi connectivity index (χ3v) is 6.83. The highest BCUT2D eigenvalue weighted by Crippen LogP contribution is 2.23. The Morgan fingerprint density at radius 2 is 1.45 bits per heavy atom. The van der Waals surface area contributed by atoms with Gasteiger partial charge in [0.1, 0.15) is 6.04 Å². The number of nitrogens with one attached hydrogen (secondary N) is 2. The molecule has 0 spiro atoms. The monoisotopic (exact) mass is 405 g/mol. The minimum atomic E-state index is -3.60. The van der Waals surface area contributed by atoms with E-state index in [9.17, 15) is 8.42 Å². The van der Waals surface area contributed by atoms with Crippen LogP contribution in [0.3, 0.4) is 0 Å². The average molecular weight is 406 g/mol. The van der Waals surface area contributed by atoms with E-state index in [1.54, 1.807) is 12.1 Å². The normalized spacial score (nSPS) is 13.2. The van der Waals surface area contributed by atoms with Crippen molar-refractivity contribution >= 4 is 31.6 Å². The summed E-state index contributed by atoms with van der Waals surface area (Å²) in [6, 6.07) is 27.4. The van der Waals surface area contributed by atoms with Gasteiger partial charge in [0.25, 0.3) is 0 Å². The molecule has 0 aliphatic rings. The van der Waals surface area contributed by atoms with Gasteiger partial charge in [-0.2, -0.15) is 0 Å². The molecule has 0 fully saturated rings. The molecule has 148 valence electrons. The smallest absolute Gasteiger partial charge is 0.240 e. The molecule has 2 N–H and O–H groups in total. The van der Waals surface area contributed by atoms with Crippen LogP contribution in [-0.4, -0.2) is 29.1 Å². The zero-order valence-corrected chi connectivity index (χ0v) is 17.4. The molecular weight excluding hydrogens is 380 g/mol. The first-order chi connectivity index (χ1) is 14.0. The highest BCUT2D eigenvalue weighted by Gasteiger charge is 2.23. The minimum Gasteiger partial charge on any atom is -0.333 e. The zero-order valence-electron chi connectivity index (χ0n) is 16.6. The van der Waals surface area contributed by atoms with Gasteiger partial charge in [-0.3, -0.25) is 0 Å². The summed E-state index contributed by atoms with van der Waals surface area (Å²) in [5.41, 5.74) is 1.14. The highest BCUT2D eigenvalue weighted by atomic mass is 32.2. The van der Waals surface area contributed by atoms with Gasteiger partial charge in [0, 0.05) is 5.56 Å². The van der Waals surface area contributed by atoms with Crippen molar-refractivity contribution in [2.24, 2.45) is 0 Å². The average Bonchev–Trinajstić information content (AvgIpc) is 2.73. The molecule has 5 heteroatoms. The number of benzene rings is 4. The molecule has 0 aromatic heterocycles. The molecule has 0 aliphatic carbocycles. The number of sulfonamides is 1. The molecule has 1 atom stereocenters. The Hall–Kier alpha value is -2.73. The van der Waals surface area contributed by atoms with Crippen LogP contribution in [0.25, 0.3) is 21.5 Å². The number of likely N-dealkylation sites (N-methyl/N-ethyl adjacent to an activating group) is 1. The van der Waals surface area contributed by atoms with Crippen LogP contribution in [0.5, 0.6) is 0 Å². The lowest BCUT2D eigenvalue weighted by Gasteiger charge is -2.23. The lowest BCUT2D eigenvalue weighted by atomic mass is 9.98. The van der Waals surface area contributed by atoms with Gasteiger partial charge in [-0.25, -0.2) is 13.1 Å². The van der Waals surface area contributed by atoms with Gasteiger partial charge in [-0.1, -0.05) is 72.8 Å². The van der Waals surface area contributed by atoms with Crippen LogP contribution < -0.4 is 9.62 Å². The Morgan fingerprint density at radius 1 is 0.793 bits per heavy atom. The molecule has 0 unspecified atom stereocenters. The Morgan fingerprint density at radius 3 is 2.21 bits per heavy atom. The van der Waals surface area contributed by atoms with E-state index in [1.807, 2.05) is 48.5 Å². The van der Waals surface area contributed by atoms with Crippen molar-refractivity contribution in [3.8, 4) is 0 Å². The minimum absolute atomic E-state index is 0.00340. The van der Waals surface area contributed by atoms with Crippen molar-refractivity contribution in [2.75, 3.05) is 20.6 Å². The van der Waals surface area contributed by atoms with Crippen LogP contribution in [0.4, 0.5) is 0 Å². The van der Waals surface area contributed by atoms with Crippen molar-refractivity contribution in [1.29, 1.82) is 0 Å². The topological polar surface area (TPSA) is 50.6 Å². The summed E-state index contributed by atoms with van der Waals surface area (Å²) >= 11 is 0. The molecular formula is C24H25N2O2S+. The van der Waals surface area contributed by atoms with E-state index in [0.29, 0.717) is 11.4 Å². The van der Waals surface area contributed by atoms with Crippen molar-refractivity contribution in [1.82, 2.24) is 4.72 Å². The van der Waals surface area contributed by atoms with E-state index in [4.69, 9.17) is 0 Å². The first-order valence-electron chi connectivity index (χ1n) is 9.72. The van der Waals surface area contributed by atoms with Crippen LogP contribution in [0.2, 0.25) is 0 Å². The summed E-state index contributed by atoms with van der Waals surface area (Å²) in [7, 11) is 0.500. The Kier molecular flexibility index (Phi) is 5.37. The standard InChI is InChI=1S/C24H24N2O2S/c1-26(2)24(23-13-7-11-19-9-5-6-12-22(19)23)17-25-29(27,28)21-15-14-18-8-3-4-10-20(18)16-21/h3-16,24-25H,17H2,1-2H3/p+1/t24-/m1/s1. The van der Waals surface area contributed by atoms with E-state index in [-0.39, 0.29) is 6.04 Å². The van der Waals surface area contributed by atoms with Crippen LogP contribution in [0.15, 0.2) is 89.8 Å². The van der Waals surface area contributed by atoms with E-state index in [1.165, 1.54) is 4.90 Å². The molecule has 0 saturated carbocycles. The summed E-state index contributed by atoms with van der Waals surface area (Å²) in [5, 5.41) is 4.26. The Labute approximate surface area is 171 Å². The fraction of sp³-hybridized carbons (Fsp3) is 0.167. The van der Waals surface area contributed by atoms with E-state index >= 15 is 0 Å². The maximum absolute atomic E-state index is 13.0. The third kappa shape index (κ3) is 4.03. The predicted molar refractivity (Wildman–Crippen MR) is 119 cm³/mol. The van der Waals surface area contributed by atoms with E-state index in [2.05, 4.69) is 43.1 Å². The van der Waals surface area contributed by atoms with Crippen molar-refractivity contribution < 1.29 is 13.3 Å². The van der Waals surface area contributed by atoms with Gasteiger partial charge >= 0.3 is 0 Å². The van der Waals surface area contributed by atoms with Gasteiger partial charge in [0.2, 0.25) is 10.0 Å². The largest absolute Gasteiger partial charge is 0.333 e. The van der Waals surface area contributed by atoms with Gasteiger partial charge in [-0.05, 0) is 33.7 Å². The van der Waals surface area contributed by atoms with Crippen LogP contribution in [-0.2, 0) is 10.0 Å². The number of hydrogen-bond acceptors (Lipinski definition) is 2. The lowest BCUT2D eigenvalue weighted by Crippen LogP contribution is -3.07. The number of quaternary nitrogens is 1. The van der Waals surface area contributed by atoms with E-state index < -0.39 is 10.0 Å². The molecule has 0 bridgehead atoms. The fourth-order valence-corrected chi connectivity index (χ4v) is 4.87. The summed E-state index contributed by atoms with van der Waals surface area (Å²) in [5.74, 6) is 0. The molecule has 0 saturated heterocycles. The van der Waals surface area contributed by atoms with Crippen molar-refractivity contribution in [3.63, 3.8) is 0 Å². The summed E-state index contributed by atoms with van der Waals surface area (Å²) < 4.78 is 28.8. The zero-order chi connectivity index (χ0) is 20.4. The SMILES string of the molecule is C[NH+](C)[C@H](CNS(=O)(=O)c1ccc2ccccc2c1)c1cccc2ccccc12. The number of rotatable bonds is 6. The molecule has 4 rings (SSSR count). The van der Waals surface area contributed by atoms with Gasteiger partial charge in [0.05, 0.1) is 25.5 Å². The summed E-state index contributed by atoms with van der Waals surface area (Å²) in [6.07, 6.45) is 0. The maximum atomic E-state index is 13.0. The number of hydrogen-bond donors (Lipinski definition) is 2. The Balaban J connectivity index is 1.63.